The molecule has 8 unspecified atom stereocenters. The lowest BCUT2D eigenvalue weighted by Crippen LogP contribution is -2.66. The van der Waals surface area contributed by atoms with Crippen LogP contribution >= 0.6 is 0 Å². The number of fused-ring (bicyclic) bond motifs is 3. The summed E-state index contributed by atoms with van der Waals surface area (Å²) in [4.78, 5) is 39.1. The zero-order chi connectivity index (χ0) is 28.4. The van der Waals surface area contributed by atoms with Crippen LogP contribution in [0.4, 0.5) is 0 Å². The van der Waals surface area contributed by atoms with Gasteiger partial charge < -0.3 is 24.4 Å². The SMILES string of the molecule is CC=C(C)C(OC(C)=O)C(C)C1=CC(=O)C2=C(OC3(C)CCC4OC(C(C)(C)O)CCC4(C)C3C2O)C1=O. The third-order valence-electron chi connectivity index (χ3n) is 9.42. The zero-order valence-electron chi connectivity index (χ0n) is 23.8. The summed E-state index contributed by atoms with van der Waals surface area (Å²) >= 11 is 0. The molecule has 0 spiro atoms. The molecule has 0 aromatic heterocycles. The zero-order valence-corrected chi connectivity index (χ0v) is 23.8. The summed E-state index contributed by atoms with van der Waals surface area (Å²) in [5, 5.41) is 22.3. The standard InChI is InChI=1S/C30H42O8/c1-9-15(2)25(36-17(4)31)16(3)18-14-19(32)22-24(34)27-29(7)12-10-20(28(5,6)35)37-21(29)11-13-30(27,8)38-26(22)23(18)33/h9,14,16,20-21,24-25,27,34-35H,10-13H2,1-8H3. The Bertz CT molecular complexity index is 1120. The number of carbonyl (C=O) groups excluding carboxylic acids is 3. The Balaban J connectivity index is 1.68. The van der Waals surface area contributed by atoms with Gasteiger partial charge in [-0.2, -0.15) is 0 Å². The van der Waals surface area contributed by atoms with Crippen LogP contribution in [0.15, 0.2) is 34.6 Å². The second kappa shape index (κ2) is 9.72. The molecule has 4 aliphatic rings. The Morgan fingerprint density at radius 1 is 1.21 bits per heavy atom. The minimum absolute atomic E-state index is 0.00768. The summed E-state index contributed by atoms with van der Waals surface area (Å²) in [6, 6.07) is 0. The molecule has 8 atom stereocenters. The number of ketones is 2. The molecule has 8 heteroatoms. The van der Waals surface area contributed by atoms with Crippen molar-refractivity contribution >= 4 is 17.5 Å². The first-order chi connectivity index (χ1) is 17.5. The lowest BCUT2D eigenvalue weighted by molar-refractivity contribution is -0.260. The Kier molecular flexibility index (Phi) is 7.34. The second-order valence-electron chi connectivity index (χ2n) is 12.6. The Hall–Kier alpha value is -2.29. The first kappa shape index (κ1) is 28.7. The summed E-state index contributed by atoms with van der Waals surface area (Å²) in [7, 11) is 0. The molecule has 2 fully saturated rings. The van der Waals surface area contributed by atoms with Gasteiger partial charge in [0, 0.05) is 29.7 Å². The van der Waals surface area contributed by atoms with Gasteiger partial charge in [0.05, 0.1) is 29.5 Å². The molecular weight excluding hydrogens is 488 g/mol. The smallest absolute Gasteiger partial charge is 0.303 e. The van der Waals surface area contributed by atoms with Crippen molar-refractivity contribution in [2.75, 3.05) is 0 Å². The van der Waals surface area contributed by atoms with Crippen molar-refractivity contribution < 1.29 is 38.8 Å². The second-order valence-corrected chi connectivity index (χ2v) is 12.6. The quantitative estimate of drug-likeness (QED) is 0.314. The van der Waals surface area contributed by atoms with Gasteiger partial charge in [0.1, 0.15) is 11.7 Å². The van der Waals surface area contributed by atoms with E-state index < -0.39 is 58.2 Å². The number of hydrogen-bond acceptors (Lipinski definition) is 8. The average molecular weight is 531 g/mol. The van der Waals surface area contributed by atoms with Crippen molar-refractivity contribution in [3.8, 4) is 0 Å². The maximum absolute atomic E-state index is 13.8. The molecule has 0 aromatic carbocycles. The van der Waals surface area contributed by atoms with Gasteiger partial charge in [0.2, 0.25) is 5.78 Å². The van der Waals surface area contributed by atoms with Crippen LogP contribution in [-0.2, 0) is 28.6 Å². The van der Waals surface area contributed by atoms with E-state index in [1.165, 1.54) is 13.0 Å². The molecular formula is C30H42O8. The van der Waals surface area contributed by atoms with Gasteiger partial charge in [-0.1, -0.05) is 19.9 Å². The lowest BCUT2D eigenvalue weighted by atomic mass is 9.52. The van der Waals surface area contributed by atoms with Crippen LogP contribution in [0.3, 0.4) is 0 Å². The predicted molar refractivity (Wildman–Crippen MR) is 140 cm³/mol. The van der Waals surface area contributed by atoms with E-state index in [4.69, 9.17) is 14.2 Å². The van der Waals surface area contributed by atoms with E-state index in [1.807, 2.05) is 26.8 Å². The number of hydrogen-bond donors (Lipinski definition) is 2. The van der Waals surface area contributed by atoms with Gasteiger partial charge in [-0.3, -0.25) is 14.4 Å². The van der Waals surface area contributed by atoms with Crippen LogP contribution in [0.5, 0.6) is 0 Å². The summed E-state index contributed by atoms with van der Waals surface area (Å²) in [5.74, 6) is -2.57. The largest absolute Gasteiger partial charge is 0.482 e. The first-order valence-electron chi connectivity index (χ1n) is 13.6. The number of aliphatic hydroxyl groups is 2. The van der Waals surface area contributed by atoms with Crippen LogP contribution in [0.2, 0.25) is 0 Å². The van der Waals surface area contributed by atoms with Crippen LogP contribution in [0.25, 0.3) is 0 Å². The molecule has 1 saturated carbocycles. The van der Waals surface area contributed by atoms with Crippen molar-refractivity contribution in [1.82, 2.24) is 0 Å². The van der Waals surface area contributed by atoms with Crippen molar-refractivity contribution in [3.63, 3.8) is 0 Å². The van der Waals surface area contributed by atoms with E-state index in [9.17, 15) is 24.6 Å². The number of rotatable bonds is 5. The topological polar surface area (TPSA) is 119 Å². The molecule has 2 aliphatic heterocycles. The van der Waals surface area contributed by atoms with E-state index in [0.29, 0.717) is 25.7 Å². The fourth-order valence-corrected chi connectivity index (χ4v) is 7.24. The molecule has 1 saturated heterocycles. The fraction of sp³-hybridized carbons (Fsp3) is 0.700. The van der Waals surface area contributed by atoms with Crippen LogP contribution in [0.1, 0.15) is 81.1 Å². The maximum atomic E-state index is 13.8. The number of esters is 1. The molecule has 210 valence electrons. The third kappa shape index (κ3) is 4.58. The highest BCUT2D eigenvalue weighted by Crippen LogP contribution is 2.59. The molecule has 0 radical (unpaired) electrons. The van der Waals surface area contributed by atoms with Gasteiger partial charge in [-0.05, 0) is 72.0 Å². The van der Waals surface area contributed by atoms with E-state index in [-0.39, 0.29) is 29.1 Å². The number of carbonyl (C=O) groups is 3. The van der Waals surface area contributed by atoms with Crippen LogP contribution < -0.4 is 0 Å². The number of ether oxygens (including phenoxy) is 3. The Labute approximate surface area is 225 Å². The minimum atomic E-state index is -1.20. The van der Waals surface area contributed by atoms with Crippen LogP contribution in [-0.4, -0.2) is 63.4 Å². The van der Waals surface area contributed by atoms with Gasteiger partial charge in [-0.25, -0.2) is 0 Å². The number of aliphatic hydroxyl groups excluding tert-OH is 1. The number of allylic oxidation sites excluding steroid dienone is 3. The molecule has 8 nitrogen and oxygen atoms in total. The van der Waals surface area contributed by atoms with Gasteiger partial charge in [0.25, 0.3) is 0 Å². The van der Waals surface area contributed by atoms with Crippen molar-refractivity contribution in [3.05, 3.63) is 34.6 Å². The highest BCUT2D eigenvalue weighted by Gasteiger charge is 2.64. The Morgan fingerprint density at radius 2 is 1.87 bits per heavy atom. The number of Topliss-reactive ketones (excluding diaryl/α,β-unsaturated/α-hetero) is 1. The monoisotopic (exact) mass is 530 g/mol. The molecule has 2 aliphatic carbocycles. The minimum Gasteiger partial charge on any atom is -0.482 e. The molecule has 4 rings (SSSR count). The van der Waals surface area contributed by atoms with Gasteiger partial charge in [0.15, 0.2) is 11.5 Å². The van der Waals surface area contributed by atoms with E-state index in [0.717, 1.165) is 5.57 Å². The van der Waals surface area contributed by atoms with Crippen molar-refractivity contribution in [2.24, 2.45) is 17.3 Å². The molecule has 0 bridgehead atoms. The third-order valence-corrected chi connectivity index (χ3v) is 9.42. The van der Waals surface area contributed by atoms with E-state index >= 15 is 0 Å². The summed E-state index contributed by atoms with van der Waals surface area (Å²) in [6.07, 6.45) is 3.07. The van der Waals surface area contributed by atoms with E-state index in [2.05, 4.69) is 6.92 Å². The summed E-state index contributed by atoms with van der Waals surface area (Å²) < 4.78 is 18.4. The van der Waals surface area contributed by atoms with Crippen molar-refractivity contribution in [2.45, 2.75) is 117 Å². The van der Waals surface area contributed by atoms with Gasteiger partial charge >= 0.3 is 5.97 Å². The van der Waals surface area contributed by atoms with E-state index in [1.54, 1.807) is 20.8 Å². The molecule has 38 heavy (non-hydrogen) atoms. The fourth-order valence-electron chi connectivity index (χ4n) is 7.24. The van der Waals surface area contributed by atoms with Crippen LogP contribution in [0, 0.1) is 17.3 Å². The summed E-state index contributed by atoms with van der Waals surface area (Å²) in [6.45, 7) is 14.1. The normalized spacial score (nSPS) is 37.3. The van der Waals surface area contributed by atoms with Gasteiger partial charge in [-0.15, -0.1) is 0 Å². The molecule has 0 amide bonds. The average Bonchev–Trinajstić information content (AvgIpc) is 2.81. The molecule has 2 heterocycles. The Morgan fingerprint density at radius 3 is 2.45 bits per heavy atom. The molecule has 2 N–H and O–H groups in total. The summed E-state index contributed by atoms with van der Waals surface area (Å²) in [5.41, 5.74) is -1.44. The lowest BCUT2D eigenvalue weighted by Gasteiger charge is -2.61. The molecule has 0 aromatic rings. The highest BCUT2D eigenvalue weighted by atomic mass is 16.5. The predicted octanol–water partition coefficient (Wildman–Crippen LogP) is 3.74. The first-order valence-corrected chi connectivity index (χ1v) is 13.6. The maximum Gasteiger partial charge on any atom is 0.303 e. The highest BCUT2D eigenvalue weighted by molar-refractivity contribution is 6.22. The van der Waals surface area contributed by atoms with Crippen molar-refractivity contribution in [1.29, 1.82) is 0 Å².